The van der Waals surface area contributed by atoms with Crippen molar-refractivity contribution in [2.45, 2.75) is 59.3 Å². The van der Waals surface area contributed by atoms with Crippen LogP contribution in [0.3, 0.4) is 0 Å². The molecule has 0 saturated heterocycles. The van der Waals surface area contributed by atoms with E-state index in [0.29, 0.717) is 5.96 Å². The van der Waals surface area contributed by atoms with Gasteiger partial charge in [0.2, 0.25) is 5.96 Å². The van der Waals surface area contributed by atoms with Crippen LogP contribution in [0.1, 0.15) is 59.3 Å². The summed E-state index contributed by atoms with van der Waals surface area (Å²) in [5, 5.41) is 3.23. The number of guanidine groups is 1. The summed E-state index contributed by atoms with van der Waals surface area (Å²) < 4.78 is 5.26. The van der Waals surface area contributed by atoms with E-state index in [1.807, 2.05) is 6.92 Å². The Labute approximate surface area is 124 Å². The van der Waals surface area contributed by atoms with Crippen molar-refractivity contribution in [3.63, 3.8) is 0 Å². The summed E-state index contributed by atoms with van der Waals surface area (Å²) >= 11 is 0. The molecule has 0 saturated carbocycles. The molecule has 5 nitrogen and oxygen atoms in total. The highest BCUT2D eigenvalue weighted by molar-refractivity contribution is 5.79. The van der Waals surface area contributed by atoms with Crippen molar-refractivity contribution in [1.82, 2.24) is 10.7 Å². The molecule has 0 amide bonds. The second-order valence-corrected chi connectivity index (χ2v) is 5.45. The van der Waals surface area contributed by atoms with Crippen LogP contribution in [0.5, 0.6) is 0 Å². The zero-order valence-corrected chi connectivity index (χ0v) is 13.6. The van der Waals surface area contributed by atoms with Gasteiger partial charge in [0.25, 0.3) is 0 Å². The lowest BCUT2D eigenvalue weighted by atomic mass is 10.0. The number of unbranched alkanes of at least 4 members (excludes halogenated alkanes) is 3. The van der Waals surface area contributed by atoms with E-state index in [4.69, 9.17) is 10.6 Å². The maximum Gasteiger partial charge on any atom is 0.205 e. The second-order valence-electron chi connectivity index (χ2n) is 5.45. The van der Waals surface area contributed by atoms with E-state index in [9.17, 15) is 0 Å². The molecule has 0 aliphatic heterocycles. The smallest absolute Gasteiger partial charge is 0.205 e. The van der Waals surface area contributed by atoms with Gasteiger partial charge in [-0.15, -0.1) is 0 Å². The Balaban J connectivity index is 3.46. The molecule has 0 aliphatic rings. The third-order valence-electron chi connectivity index (χ3n) is 3.06. The summed E-state index contributed by atoms with van der Waals surface area (Å²) in [6.07, 6.45) is 7.35. The lowest BCUT2D eigenvalue weighted by molar-refractivity contribution is 0.146. The number of nitrogens with two attached hydrogens (primary N) is 1. The van der Waals surface area contributed by atoms with Crippen molar-refractivity contribution in [3.8, 4) is 0 Å². The van der Waals surface area contributed by atoms with Gasteiger partial charge in [-0.25, -0.2) is 5.84 Å². The lowest BCUT2D eigenvalue weighted by Gasteiger charge is -2.09. The number of hydrogen-bond donors (Lipinski definition) is 3. The molecule has 0 radical (unpaired) electrons. The van der Waals surface area contributed by atoms with Crippen LogP contribution in [0.15, 0.2) is 4.99 Å². The Hall–Kier alpha value is -0.810. The first-order valence-corrected chi connectivity index (χ1v) is 8.03. The maximum atomic E-state index is 5.43. The fourth-order valence-electron chi connectivity index (χ4n) is 1.89. The molecule has 0 aromatic rings. The van der Waals surface area contributed by atoms with Crippen molar-refractivity contribution in [3.05, 3.63) is 0 Å². The van der Waals surface area contributed by atoms with Crippen molar-refractivity contribution < 1.29 is 4.74 Å². The maximum absolute atomic E-state index is 5.43. The molecule has 4 N–H and O–H groups in total. The van der Waals surface area contributed by atoms with Crippen LogP contribution in [-0.2, 0) is 4.74 Å². The van der Waals surface area contributed by atoms with Crippen LogP contribution in [-0.4, -0.2) is 32.3 Å². The Morgan fingerprint density at radius 3 is 2.55 bits per heavy atom. The zero-order valence-electron chi connectivity index (χ0n) is 13.6. The summed E-state index contributed by atoms with van der Waals surface area (Å²) in [6, 6.07) is 0. The van der Waals surface area contributed by atoms with Gasteiger partial charge in [-0.1, -0.05) is 39.5 Å². The van der Waals surface area contributed by atoms with Gasteiger partial charge < -0.3 is 10.1 Å². The number of nitrogens with zero attached hydrogens (tertiary/aromatic N) is 1. The first-order valence-electron chi connectivity index (χ1n) is 8.03. The molecule has 0 bridgehead atoms. The molecule has 0 spiro atoms. The highest BCUT2D eigenvalue weighted by atomic mass is 16.5. The number of nitrogens with one attached hydrogen (secondary N) is 2. The highest BCUT2D eigenvalue weighted by Crippen LogP contribution is 2.08. The molecule has 0 heterocycles. The first kappa shape index (κ1) is 19.2. The Morgan fingerprint density at radius 1 is 1.15 bits per heavy atom. The standard InChI is InChI=1S/C15H34N4O/c1-4-20-13-9-12-18-15(19-16)17-11-8-6-5-7-10-14(2)3/h14H,4-13,16H2,1-3H3,(H2,17,18,19). The van der Waals surface area contributed by atoms with Crippen molar-refractivity contribution >= 4 is 5.96 Å². The van der Waals surface area contributed by atoms with Gasteiger partial charge in [0, 0.05) is 26.3 Å². The topological polar surface area (TPSA) is 71.7 Å². The van der Waals surface area contributed by atoms with Gasteiger partial charge in [0.15, 0.2) is 0 Å². The van der Waals surface area contributed by atoms with E-state index >= 15 is 0 Å². The van der Waals surface area contributed by atoms with E-state index in [2.05, 4.69) is 29.6 Å². The Kier molecular flexibility index (Phi) is 14.0. The number of hydrogen-bond acceptors (Lipinski definition) is 3. The second kappa shape index (κ2) is 14.6. The Bertz CT molecular complexity index is 232. The third kappa shape index (κ3) is 13.6. The molecule has 0 aromatic carbocycles. The van der Waals surface area contributed by atoms with Crippen LogP contribution in [0.4, 0.5) is 0 Å². The molecule has 0 fully saturated rings. The summed E-state index contributed by atoms with van der Waals surface area (Å²) in [5.41, 5.74) is 2.61. The number of ether oxygens (including phenoxy) is 1. The molecule has 0 aromatic heterocycles. The first-order chi connectivity index (χ1) is 9.70. The summed E-state index contributed by atoms with van der Waals surface area (Å²) in [6.45, 7) is 9.75. The number of hydrazine groups is 1. The predicted molar refractivity (Wildman–Crippen MR) is 86.7 cm³/mol. The van der Waals surface area contributed by atoms with Gasteiger partial charge in [-0.2, -0.15) is 0 Å². The monoisotopic (exact) mass is 286 g/mol. The summed E-state index contributed by atoms with van der Waals surface area (Å²) in [4.78, 5) is 4.36. The fourth-order valence-corrected chi connectivity index (χ4v) is 1.89. The molecular weight excluding hydrogens is 252 g/mol. The van der Waals surface area contributed by atoms with Crippen molar-refractivity contribution in [2.24, 2.45) is 16.8 Å². The average molecular weight is 286 g/mol. The number of rotatable bonds is 12. The van der Waals surface area contributed by atoms with Gasteiger partial charge in [0.05, 0.1) is 0 Å². The normalized spacial score (nSPS) is 11.9. The van der Waals surface area contributed by atoms with E-state index < -0.39 is 0 Å². The lowest BCUT2D eigenvalue weighted by Crippen LogP contribution is -2.42. The van der Waals surface area contributed by atoms with E-state index in [1.165, 1.54) is 25.7 Å². The minimum absolute atomic E-state index is 0.684. The van der Waals surface area contributed by atoms with Crippen LogP contribution in [0.25, 0.3) is 0 Å². The zero-order chi connectivity index (χ0) is 15.1. The van der Waals surface area contributed by atoms with Crippen LogP contribution < -0.4 is 16.6 Å². The minimum Gasteiger partial charge on any atom is -0.382 e. The quantitative estimate of drug-likeness (QED) is 0.169. The van der Waals surface area contributed by atoms with Gasteiger partial charge in [-0.05, 0) is 25.7 Å². The molecule has 0 rings (SSSR count). The highest BCUT2D eigenvalue weighted by Gasteiger charge is 1.97. The molecule has 120 valence electrons. The van der Waals surface area contributed by atoms with Gasteiger partial charge >= 0.3 is 0 Å². The summed E-state index contributed by atoms with van der Waals surface area (Å²) in [5.74, 6) is 6.94. The van der Waals surface area contributed by atoms with E-state index in [0.717, 1.165) is 45.1 Å². The molecule has 0 aliphatic carbocycles. The van der Waals surface area contributed by atoms with Crippen LogP contribution >= 0.6 is 0 Å². The minimum atomic E-state index is 0.684. The SMILES string of the molecule is CCOCCCN=C(NN)NCCCCCCC(C)C. The van der Waals surface area contributed by atoms with Gasteiger partial charge in [0.1, 0.15) is 0 Å². The largest absolute Gasteiger partial charge is 0.382 e. The third-order valence-corrected chi connectivity index (χ3v) is 3.06. The molecule has 20 heavy (non-hydrogen) atoms. The Morgan fingerprint density at radius 2 is 1.90 bits per heavy atom. The van der Waals surface area contributed by atoms with Gasteiger partial charge in [-0.3, -0.25) is 10.4 Å². The van der Waals surface area contributed by atoms with Crippen molar-refractivity contribution in [1.29, 1.82) is 0 Å². The summed E-state index contributed by atoms with van der Waals surface area (Å²) in [7, 11) is 0. The molecular formula is C15H34N4O. The van der Waals surface area contributed by atoms with Crippen LogP contribution in [0, 0.1) is 5.92 Å². The van der Waals surface area contributed by atoms with Crippen LogP contribution in [0.2, 0.25) is 0 Å². The predicted octanol–water partition coefficient (Wildman–Crippen LogP) is 2.43. The fraction of sp³-hybridized carbons (Fsp3) is 0.933. The molecule has 5 heteroatoms. The molecule has 0 unspecified atom stereocenters. The molecule has 0 atom stereocenters. The average Bonchev–Trinajstić information content (AvgIpc) is 2.43. The van der Waals surface area contributed by atoms with E-state index in [-0.39, 0.29) is 0 Å². The van der Waals surface area contributed by atoms with Crippen molar-refractivity contribution in [2.75, 3.05) is 26.3 Å². The number of aliphatic imine (C=N–C) groups is 1. The van der Waals surface area contributed by atoms with E-state index in [1.54, 1.807) is 0 Å².